The Morgan fingerprint density at radius 3 is 2.62 bits per heavy atom. The molecule has 39 heavy (non-hydrogen) atoms. The number of nitrogens with one attached hydrogen (secondary N) is 2. The number of halogens is 1. The number of anilines is 3. The maximum absolute atomic E-state index is 13.1. The molecule has 2 aromatic heterocycles. The number of carbonyl (C=O) groups excluding carboxylic acids is 1. The summed E-state index contributed by atoms with van der Waals surface area (Å²) in [7, 11) is 1.62. The van der Waals surface area contributed by atoms with E-state index in [1.165, 1.54) is 11.3 Å². The van der Waals surface area contributed by atoms with Crippen molar-refractivity contribution in [2.45, 2.75) is 19.6 Å². The zero-order valence-corrected chi connectivity index (χ0v) is 23.4. The first-order chi connectivity index (χ1) is 19.1. The van der Waals surface area contributed by atoms with E-state index in [9.17, 15) is 4.79 Å². The Morgan fingerprint density at radius 2 is 1.82 bits per heavy atom. The van der Waals surface area contributed by atoms with Crippen molar-refractivity contribution in [2.75, 3.05) is 17.7 Å². The van der Waals surface area contributed by atoms with Crippen LogP contribution in [0.15, 0.2) is 82.6 Å². The van der Waals surface area contributed by atoms with E-state index >= 15 is 0 Å². The van der Waals surface area contributed by atoms with Crippen LogP contribution in [0.2, 0.25) is 0 Å². The molecule has 0 atom stereocenters. The number of aromatic nitrogens is 3. The average molecular weight is 603 g/mol. The van der Waals surface area contributed by atoms with Gasteiger partial charge in [-0.05, 0) is 75.4 Å². The molecule has 0 saturated heterocycles. The third-order valence-electron chi connectivity index (χ3n) is 6.48. The Balaban J connectivity index is 1.22. The SMILES string of the molecule is COc1cc(-c2ccc3c(c2)Nc2ccc(CCn4cnc(Br)c4)cc2NC3=O)ccc1OCc1cscn1. The van der Waals surface area contributed by atoms with Gasteiger partial charge in [-0.25, -0.2) is 9.97 Å². The first kappa shape index (κ1) is 25.1. The fraction of sp³-hybridized carbons (Fsp3) is 0.138. The summed E-state index contributed by atoms with van der Waals surface area (Å²) in [6.07, 6.45) is 4.55. The van der Waals surface area contributed by atoms with E-state index in [-0.39, 0.29) is 5.91 Å². The van der Waals surface area contributed by atoms with Crippen LogP contribution in [0.1, 0.15) is 21.6 Å². The van der Waals surface area contributed by atoms with Crippen LogP contribution in [0.5, 0.6) is 11.5 Å². The Bertz CT molecular complexity index is 1650. The van der Waals surface area contributed by atoms with Crippen molar-refractivity contribution in [2.24, 2.45) is 0 Å². The molecule has 0 radical (unpaired) electrons. The monoisotopic (exact) mass is 601 g/mol. The second kappa shape index (κ2) is 10.9. The van der Waals surface area contributed by atoms with Crippen molar-refractivity contribution in [3.63, 3.8) is 0 Å². The van der Waals surface area contributed by atoms with Crippen LogP contribution in [0, 0.1) is 0 Å². The minimum absolute atomic E-state index is 0.151. The van der Waals surface area contributed by atoms with Gasteiger partial charge in [0.15, 0.2) is 11.5 Å². The van der Waals surface area contributed by atoms with E-state index in [2.05, 4.69) is 42.6 Å². The number of nitrogens with zero attached hydrogens (tertiary/aromatic N) is 3. The molecule has 0 unspecified atom stereocenters. The first-order valence-electron chi connectivity index (χ1n) is 12.3. The number of methoxy groups -OCH3 is 1. The van der Waals surface area contributed by atoms with Gasteiger partial charge < -0.3 is 24.7 Å². The lowest BCUT2D eigenvalue weighted by Gasteiger charge is -2.14. The average Bonchev–Trinajstić information content (AvgIpc) is 3.60. The summed E-state index contributed by atoms with van der Waals surface area (Å²) < 4.78 is 14.4. The number of ether oxygens (including phenoxy) is 2. The smallest absolute Gasteiger partial charge is 0.257 e. The van der Waals surface area contributed by atoms with Crippen LogP contribution >= 0.6 is 27.3 Å². The molecule has 2 N–H and O–H groups in total. The molecule has 0 saturated carbocycles. The summed E-state index contributed by atoms with van der Waals surface area (Å²) in [6, 6.07) is 17.7. The summed E-state index contributed by atoms with van der Waals surface area (Å²) >= 11 is 4.91. The molecule has 8 nitrogen and oxygen atoms in total. The molecule has 0 fully saturated rings. The number of aryl methyl sites for hydroxylation is 2. The van der Waals surface area contributed by atoms with Crippen molar-refractivity contribution in [1.29, 1.82) is 0 Å². The van der Waals surface area contributed by atoms with Gasteiger partial charge in [0.25, 0.3) is 5.91 Å². The van der Waals surface area contributed by atoms with Gasteiger partial charge in [0.2, 0.25) is 0 Å². The number of amides is 1. The van der Waals surface area contributed by atoms with Gasteiger partial charge in [0.05, 0.1) is 47.3 Å². The van der Waals surface area contributed by atoms with E-state index in [1.54, 1.807) is 18.9 Å². The highest BCUT2D eigenvalue weighted by atomic mass is 79.9. The molecule has 6 rings (SSSR count). The number of hydrogen-bond donors (Lipinski definition) is 2. The number of carbonyl (C=O) groups is 1. The molecule has 0 bridgehead atoms. The lowest BCUT2D eigenvalue weighted by atomic mass is 10.0. The summed E-state index contributed by atoms with van der Waals surface area (Å²) in [5.74, 6) is 1.12. The lowest BCUT2D eigenvalue weighted by Crippen LogP contribution is -2.11. The summed E-state index contributed by atoms with van der Waals surface area (Å²) in [4.78, 5) is 21.6. The number of fused-ring (bicyclic) bond motifs is 2. The lowest BCUT2D eigenvalue weighted by molar-refractivity contribution is 0.102. The van der Waals surface area contributed by atoms with Crippen LogP contribution in [-0.2, 0) is 19.6 Å². The predicted molar refractivity (Wildman–Crippen MR) is 156 cm³/mol. The second-order valence-corrected chi connectivity index (χ2v) is 10.6. The zero-order chi connectivity index (χ0) is 26.8. The quantitative estimate of drug-likeness (QED) is 0.201. The van der Waals surface area contributed by atoms with Crippen molar-refractivity contribution in [3.8, 4) is 22.6 Å². The molecule has 1 aliphatic rings. The Hall–Kier alpha value is -4.15. The molecule has 3 aromatic carbocycles. The number of rotatable bonds is 8. The largest absolute Gasteiger partial charge is 0.493 e. The number of imidazole rings is 1. The molecule has 1 amide bonds. The minimum atomic E-state index is -0.151. The minimum Gasteiger partial charge on any atom is -0.493 e. The molecule has 0 spiro atoms. The van der Waals surface area contributed by atoms with Crippen LogP contribution in [-0.4, -0.2) is 27.6 Å². The molecular formula is C29H24BrN5O3S. The zero-order valence-electron chi connectivity index (χ0n) is 21.0. The van der Waals surface area contributed by atoms with E-state index < -0.39 is 0 Å². The van der Waals surface area contributed by atoms with E-state index in [0.29, 0.717) is 23.7 Å². The van der Waals surface area contributed by atoms with Crippen molar-refractivity contribution in [1.82, 2.24) is 14.5 Å². The second-order valence-electron chi connectivity index (χ2n) is 9.04. The maximum atomic E-state index is 13.1. The third kappa shape index (κ3) is 5.52. The Kier molecular flexibility index (Phi) is 7.04. The first-order valence-corrected chi connectivity index (χ1v) is 14.0. The van der Waals surface area contributed by atoms with E-state index in [1.807, 2.05) is 64.7 Å². The van der Waals surface area contributed by atoms with Crippen molar-refractivity contribution >= 4 is 50.2 Å². The summed E-state index contributed by atoms with van der Waals surface area (Å²) in [6.45, 7) is 1.17. The molecule has 3 heterocycles. The summed E-state index contributed by atoms with van der Waals surface area (Å²) in [5, 5.41) is 8.48. The van der Waals surface area contributed by atoms with Gasteiger partial charge >= 0.3 is 0 Å². The molecule has 5 aromatic rings. The third-order valence-corrected chi connectivity index (χ3v) is 7.53. The molecule has 10 heteroatoms. The molecule has 0 aliphatic carbocycles. The molecule has 196 valence electrons. The van der Waals surface area contributed by atoms with Crippen molar-refractivity contribution in [3.05, 3.63) is 99.4 Å². The maximum Gasteiger partial charge on any atom is 0.257 e. The van der Waals surface area contributed by atoms with E-state index in [4.69, 9.17) is 9.47 Å². The van der Waals surface area contributed by atoms with Crippen LogP contribution in [0.4, 0.5) is 17.1 Å². The fourth-order valence-electron chi connectivity index (χ4n) is 4.46. The van der Waals surface area contributed by atoms with Gasteiger partial charge in [0.1, 0.15) is 11.2 Å². The normalized spacial score (nSPS) is 12.1. The molecule has 1 aliphatic heterocycles. The number of hydrogen-bond acceptors (Lipinski definition) is 7. The molecular weight excluding hydrogens is 578 g/mol. The Morgan fingerprint density at radius 1 is 0.949 bits per heavy atom. The van der Waals surface area contributed by atoms with Crippen LogP contribution in [0.3, 0.4) is 0 Å². The van der Waals surface area contributed by atoms with Gasteiger partial charge in [-0.1, -0.05) is 18.2 Å². The van der Waals surface area contributed by atoms with Gasteiger partial charge in [-0.3, -0.25) is 4.79 Å². The van der Waals surface area contributed by atoms with Gasteiger partial charge in [-0.15, -0.1) is 11.3 Å². The standard InChI is InChI=1S/C29H24BrN5O3S/c1-37-27-12-20(4-7-26(27)38-14-21-15-39-17-32-21)19-3-5-22-24(11-19)33-23-6-2-18(10-25(23)34-29(22)36)8-9-35-13-28(30)31-16-35/h2-7,10-13,15-17,33H,8-9,14H2,1H3,(H,34,36). The highest BCUT2D eigenvalue weighted by Gasteiger charge is 2.20. The highest BCUT2D eigenvalue weighted by molar-refractivity contribution is 9.10. The highest BCUT2D eigenvalue weighted by Crippen LogP contribution is 2.37. The predicted octanol–water partition coefficient (Wildman–Crippen LogP) is 6.91. The topological polar surface area (TPSA) is 90.3 Å². The van der Waals surface area contributed by atoms with Gasteiger partial charge in [-0.2, -0.15) is 0 Å². The number of thiazole rings is 1. The van der Waals surface area contributed by atoms with E-state index in [0.717, 1.165) is 57.0 Å². The van der Waals surface area contributed by atoms with Gasteiger partial charge in [0, 0.05) is 18.1 Å². The van der Waals surface area contributed by atoms with Crippen LogP contribution < -0.4 is 20.1 Å². The fourth-order valence-corrected chi connectivity index (χ4v) is 5.36. The Labute approximate surface area is 237 Å². The van der Waals surface area contributed by atoms with Crippen LogP contribution in [0.25, 0.3) is 11.1 Å². The summed E-state index contributed by atoms with van der Waals surface area (Å²) in [5.41, 5.74) is 8.59. The van der Waals surface area contributed by atoms with Crippen molar-refractivity contribution < 1.29 is 14.3 Å². The number of benzene rings is 3.